The number of aromatic amines is 1. The number of benzene rings is 2. The lowest BCUT2D eigenvalue weighted by molar-refractivity contribution is -0.115. The fourth-order valence-electron chi connectivity index (χ4n) is 3.36. The number of aromatic nitrogens is 2. The fourth-order valence-corrected chi connectivity index (χ4v) is 3.36. The predicted octanol–water partition coefficient (Wildman–Crippen LogP) is 2.79. The van der Waals surface area contributed by atoms with E-state index in [1.807, 2.05) is 49.4 Å². The third-order valence-electron chi connectivity index (χ3n) is 4.70. The van der Waals surface area contributed by atoms with E-state index in [0.29, 0.717) is 25.5 Å². The molecule has 0 saturated carbocycles. The minimum atomic E-state index is -0.129. The van der Waals surface area contributed by atoms with Crippen LogP contribution in [0.15, 0.2) is 42.5 Å². The second-order valence-corrected chi connectivity index (χ2v) is 6.63. The fraction of sp³-hybridized carbons (Fsp3) is 0.250. The number of hydrogen-bond acceptors (Lipinski definition) is 3. The Balaban J connectivity index is 1.43. The first-order valence-electron chi connectivity index (χ1n) is 9.00. The second-order valence-electron chi connectivity index (χ2n) is 6.63. The molecular weight excluding hydrogens is 342 g/mol. The Kier molecular flexibility index (Phi) is 4.50. The Hall–Kier alpha value is -3.35. The molecule has 27 heavy (non-hydrogen) atoms. The molecule has 2 heterocycles. The third-order valence-corrected chi connectivity index (χ3v) is 4.70. The number of amides is 3. The van der Waals surface area contributed by atoms with Crippen molar-refractivity contribution in [1.29, 1.82) is 0 Å². The molecule has 4 rings (SSSR count). The SMILES string of the molecule is CCNC(=O)N1Cc2[nH]nc(NC(=O)Cc3ccc4ccccc4c3)c2C1. The zero-order valence-corrected chi connectivity index (χ0v) is 15.1. The van der Waals surface area contributed by atoms with Crippen molar-refractivity contribution in [1.82, 2.24) is 20.4 Å². The smallest absolute Gasteiger partial charge is 0.318 e. The topological polar surface area (TPSA) is 90.1 Å². The van der Waals surface area contributed by atoms with Crippen molar-refractivity contribution < 1.29 is 9.59 Å². The summed E-state index contributed by atoms with van der Waals surface area (Å²) in [6.07, 6.45) is 0.270. The van der Waals surface area contributed by atoms with Crippen LogP contribution in [-0.4, -0.2) is 33.6 Å². The number of carbonyl (C=O) groups excluding carboxylic acids is 2. The standard InChI is InChI=1S/C20H21N5O2/c1-2-21-20(27)25-11-16-17(12-25)23-24-19(16)22-18(26)10-13-7-8-14-5-3-4-6-15(14)9-13/h3-9H,2,10-12H2,1H3,(H,21,27)(H2,22,23,24,26). The average molecular weight is 363 g/mol. The molecule has 0 fully saturated rings. The van der Waals surface area contributed by atoms with E-state index in [1.54, 1.807) is 4.90 Å². The van der Waals surface area contributed by atoms with E-state index in [2.05, 4.69) is 20.8 Å². The van der Waals surface area contributed by atoms with Gasteiger partial charge in [0.1, 0.15) is 0 Å². The van der Waals surface area contributed by atoms with Crippen LogP contribution in [0.2, 0.25) is 0 Å². The van der Waals surface area contributed by atoms with Crippen molar-refractivity contribution in [3.05, 3.63) is 59.3 Å². The molecule has 3 N–H and O–H groups in total. The van der Waals surface area contributed by atoms with E-state index in [4.69, 9.17) is 0 Å². The Morgan fingerprint density at radius 3 is 2.78 bits per heavy atom. The highest BCUT2D eigenvalue weighted by Crippen LogP contribution is 2.27. The van der Waals surface area contributed by atoms with Crippen LogP contribution in [0, 0.1) is 0 Å². The van der Waals surface area contributed by atoms with E-state index >= 15 is 0 Å². The molecule has 1 aromatic heterocycles. The van der Waals surface area contributed by atoms with Crippen molar-refractivity contribution in [2.45, 2.75) is 26.4 Å². The number of nitrogens with one attached hydrogen (secondary N) is 3. The minimum absolute atomic E-state index is 0.115. The van der Waals surface area contributed by atoms with E-state index in [-0.39, 0.29) is 18.4 Å². The number of urea groups is 1. The van der Waals surface area contributed by atoms with Gasteiger partial charge in [0, 0.05) is 12.1 Å². The molecule has 0 bridgehead atoms. The summed E-state index contributed by atoms with van der Waals surface area (Å²) < 4.78 is 0. The van der Waals surface area contributed by atoms with Gasteiger partial charge in [0.05, 0.1) is 25.2 Å². The highest BCUT2D eigenvalue weighted by Gasteiger charge is 2.28. The second kappa shape index (κ2) is 7.11. The van der Waals surface area contributed by atoms with Gasteiger partial charge in [-0.25, -0.2) is 4.79 Å². The summed E-state index contributed by atoms with van der Waals surface area (Å²) in [5.41, 5.74) is 2.68. The maximum absolute atomic E-state index is 12.5. The Bertz CT molecular complexity index is 1010. The molecule has 3 aromatic rings. The number of fused-ring (bicyclic) bond motifs is 2. The van der Waals surface area contributed by atoms with Crippen molar-refractivity contribution >= 4 is 28.5 Å². The molecule has 7 nitrogen and oxygen atoms in total. The van der Waals surface area contributed by atoms with E-state index in [9.17, 15) is 9.59 Å². The van der Waals surface area contributed by atoms with Crippen molar-refractivity contribution in [2.24, 2.45) is 0 Å². The summed E-state index contributed by atoms with van der Waals surface area (Å²) in [5, 5.41) is 15.0. The number of rotatable bonds is 4. The molecule has 3 amide bonds. The summed E-state index contributed by atoms with van der Waals surface area (Å²) in [6, 6.07) is 14.0. The molecule has 0 radical (unpaired) electrons. The summed E-state index contributed by atoms with van der Waals surface area (Å²) in [6.45, 7) is 3.36. The van der Waals surface area contributed by atoms with Crippen molar-refractivity contribution in [3.63, 3.8) is 0 Å². The number of nitrogens with zero attached hydrogens (tertiary/aromatic N) is 2. The third kappa shape index (κ3) is 3.48. The van der Waals surface area contributed by atoms with E-state index in [1.165, 1.54) is 0 Å². The molecule has 0 unspecified atom stereocenters. The largest absolute Gasteiger partial charge is 0.338 e. The normalized spacial score (nSPS) is 12.9. The zero-order chi connectivity index (χ0) is 18.8. The van der Waals surface area contributed by atoms with Gasteiger partial charge in [-0.15, -0.1) is 0 Å². The van der Waals surface area contributed by atoms with Gasteiger partial charge >= 0.3 is 6.03 Å². The highest BCUT2D eigenvalue weighted by molar-refractivity contribution is 5.93. The van der Waals surface area contributed by atoms with Crippen molar-refractivity contribution in [3.8, 4) is 0 Å². The molecule has 0 spiro atoms. The van der Waals surface area contributed by atoms with Crippen LogP contribution < -0.4 is 10.6 Å². The molecule has 138 valence electrons. The molecule has 1 aliphatic rings. The zero-order valence-electron chi connectivity index (χ0n) is 15.1. The monoisotopic (exact) mass is 363 g/mol. The number of hydrogen-bond donors (Lipinski definition) is 3. The molecule has 1 aliphatic heterocycles. The van der Waals surface area contributed by atoms with Gasteiger partial charge in [0.2, 0.25) is 5.91 Å². The Morgan fingerprint density at radius 1 is 1.15 bits per heavy atom. The molecule has 0 atom stereocenters. The molecule has 2 aromatic carbocycles. The summed E-state index contributed by atoms with van der Waals surface area (Å²) in [5.74, 6) is 0.374. The van der Waals surface area contributed by atoms with Crippen molar-refractivity contribution in [2.75, 3.05) is 11.9 Å². The van der Waals surface area contributed by atoms with Crippen LogP contribution >= 0.6 is 0 Å². The lowest BCUT2D eigenvalue weighted by Crippen LogP contribution is -2.36. The molecular formula is C20H21N5O2. The quantitative estimate of drug-likeness (QED) is 0.666. The summed E-state index contributed by atoms with van der Waals surface area (Å²) in [4.78, 5) is 26.1. The lowest BCUT2D eigenvalue weighted by Gasteiger charge is -2.15. The van der Waals surface area contributed by atoms with Gasteiger partial charge in [-0.3, -0.25) is 9.89 Å². The van der Waals surface area contributed by atoms with E-state index < -0.39 is 0 Å². The number of anilines is 1. The first-order chi connectivity index (χ1) is 13.1. The first kappa shape index (κ1) is 17.1. The number of carbonyl (C=O) groups is 2. The van der Waals surface area contributed by atoms with Crippen LogP contribution in [0.4, 0.5) is 10.6 Å². The lowest BCUT2D eigenvalue weighted by atomic mass is 10.0. The van der Waals surface area contributed by atoms with Crippen LogP contribution in [-0.2, 0) is 24.3 Å². The van der Waals surface area contributed by atoms with Crippen LogP contribution in [0.3, 0.4) is 0 Å². The number of H-pyrrole nitrogens is 1. The van der Waals surface area contributed by atoms with Gasteiger partial charge in [-0.05, 0) is 23.3 Å². The predicted molar refractivity (Wildman–Crippen MR) is 103 cm³/mol. The van der Waals surface area contributed by atoms with Crippen LogP contribution in [0.25, 0.3) is 10.8 Å². The van der Waals surface area contributed by atoms with Gasteiger partial charge in [0.15, 0.2) is 5.82 Å². The van der Waals surface area contributed by atoms with E-state index in [0.717, 1.165) is 27.6 Å². The van der Waals surface area contributed by atoms with Crippen LogP contribution in [0.5, 0.6) is 0 Å². The molecule has 7 heteroatoms. The highest BCUT2D eigenvalue weighted by atomic mass is 16.2. The Labute approximate surface area is 156 Å². The molecule has 0 saturated heterocycles. The van der Waals surface area contributed by atoms with Gasteiger partial charge < -0.3 is 15.5 Å². The summed E-state index contributed by atoms with van der Waals surface area (Å²) in [7, 11) is 0. The maximum atomic E-state index is 12.5. The van der Waals surface area contributed by atoms with Gasteiger partial charge in [-0.2, -0.15) is 5.10 Å². The molecule has 0 aliphatic carbocycles. The first-order valence-corrected chi connectivity index (χ1v) is 9.00. The Morgan fingerprint density at radius 2 is 1.96 bits per heavy atom. The van der Waals surface area contributed by atoms with Crippen LogP contribution in [0.1, 0.15) is 23.7 Å². The summed E-state index contributed by atoms with van der Waals surface area (Å²) >= 11 is 0. The average Bonchev–Trinajstić information content (AvgIpc) is 3.24. The maximum Gasteiger partial charge on any atom is 0.318 e. The van der Waals surface area contributed by atoms with Gasteiger partial charge in [-0.1, -0.05) is 42.5 Å². The minimum Gasteiger partial charge on any atom is -0.338 e. The van der Waals surface area contributed by atoms with Gasteiger partial charge in [0.25, 0.3) is 0 Å².